The lowest BCUT2D eigenvalue weighted by atomic mass is 10.3. The van der Waals surface area contributed by atoms with Crippen LogP contribution in [-0.2, 0) is 19.6 Å². The first-order valence-electron chi connectivity index (χ1n) is 8.42. The molecule has 1 amide bonds. The summed E-state index contributed by atoms with van der Waals surface area (Å²) < 4.78 is 32.6. The number of thiazole rings is 1. The molecule has 1 aromatic heterocycles. The third-order valence-corrected chi connectivity index (χ3v) is 8.39. The molecule has 0 aliphatic carbocycles. The lowest BCUT2D eigenvalue weighted by Crippen LogP contribution is -2.36. The summed E-state index contributed by atoms with van der Waals surface area (Å²) in [5.74, 6) is 0.494. The molecular weight excluding hydrogens is 394 g/mol. The lowest BCUT2D eigenvalue weighted by Gasteiger charge is -2.16. The molecule has 1 atom stereocenters. The Morgan fingerprint density at radius 2 is 2.35 bits per heavy atom. The quantitative estimate of drug-likeness (QED) is 0.753. The highest BCUT2D eigenvalue weighted by atomic mass is 32.2. The van der Waals surface area contributed by atoms with Crippen LogP contribution in [0.3, 0.4) is 0 Å². The van der Waals surface area contributed by atoms with Gasteiger partial charge in [-0.05, 0) is 31.0 Å². The van der Waals surface area contributed by atoms with Crippen molar-refractivity contribution in [3.8, 4) is 0 Å². The number of anilines is 1. The number of rotatable bonds is 5. The Kier molecular flexibility index (Phi) is 5.09. The molecule has 2 fully saturated rings. The van der Waals surface area contributed by atoms with Crippen LogP contribution >= 0.6 is 23.1 Å². The summed E-state index contributed by atoms with van der Waals surface area (Å²) in [6.45, 7) is 1.81. The van der Waals surface area contributed by atoms with Gasteiger partial charge >= 0.3 is 0 Å². The van der Waals surface area contributed by atoms with Crippen molar-refractivity contribution in [2.75, 3.05) is 35.6 Å². The number of hydrogen-bond acceptors (Lipinski definition) is 7. The minimum absolute atomic E-state index is 0.0198. The smallest absolute Gasteiger partial charge is 0.235 e. The minimum atomic E-state index is -3.19. The molecule has 2 aliphatic rings. The zero-order chi connectivity index (χ0) is 18.1. The lowest BCUT2D eigenvalue weighted by molar-refractivity contribution is -0.119. The van der Waals surface area contributed by atoms with Crippen molar-refractivity contribution in [3.05, 3.63) is 18.2 Å². The first-order valence-corrected chi connectivity index (χ1v) is 11.8. The van der Waals surface area contributed by atoms with Gasteiger partial charge in [0, 0.05) is 13.2 Å². The van der Waals surface area contributed by atoms with Crippen molar-refractivity contribution in [1.29, 1.82) is 0 Å². The zero-order valence-corrected chi connectivity index (χ0v) is 16.5. The number of hydrogen-bond donors (Lipinski definition) is 1. The fraction of sp³-hybridized carbons (Fsp3) is 0.500. The van der Waals surface area contributed by atoms with Crippen LogP contribution in [0.25, 0.3) is 10.2 Å². The van der Waals surface area contributed by atoms with Crippen molar-refractivity contribution in [1.82, 2.24) is 10.3 Å². The van der Waals surface area contributed by atoms with Gasteiger partial charge in [-0.2, -0.15) is 0 Å². The number of carbonyl (C=O) groups excluding carboxylic acids is 1. The highest BCUT2D eigenvalue weighted by molar-refractivity contribution is 8.01. The Morgan fingerprint density at radius 1 is 1.46 bits per heavy atom. The maximum absolute atomic E-state index is 12.1. The second-order valence-corrected chi connectivity index (χ2v) is 10.6. The number of benzene rings is 1. The summed E-state index contributed by atoms with van der Waals surface area (Å²) in [7, 11) is -3.19. The molecule has 1 N–H and O–H groups in total. The van der Waals surface area contributed by atoms with E-state index in [9.17, 15) is 13.2 Å². The van der Waals surface area contributed by atoms with Crippen molar-refractivity contribution < 1.29 is 17.9 Å². The molecule has 0 bridgehead atoms. The molecule has 2 aromatic rings. The highest BCUT2D eigenvalue weighted by Crippen LogP contribution is 2.33. The summed E-state index contributed by atoms with van der Waals surface area (Å²) in [6, 6.07) is 5.63. The molecule has 0 spiro atoms. The third-order valence-electron chi connectivity index (χ3n) is 4.36. The van der Waals surface area contributed by atoms with Crippen LogP contribution in [0.5, 0.6) is 0 Å². The summed E-state index contributed by atoms with van der Waals surface area (Å²) >= 11 is 2.88. The molecule has 1 aromatic carbocycles. The molecule has 7 nitrogen and oxygen atoms in total. The molecule has 26 heavy (non-hydrogen) atoms. The molecular formula is C16H19N3O4S3. The number of aromatic nitrogens is 1. The van der Waals surface area contributed by atoms with Crippen molar-refractivity contribution >= 4 is 54.9 Å². The summed E-state index contributed by atoms with van der Waals surface area (Å²) in [5.41, 5.74) is 1.51. The average molecular weight is 414 g/mol. The van der Waals surface area contributed by atoms with Gasteiger partial charge in [0.05, 0.1) is 40.1 Å². The van der Waals surface area contributed by atoms with E-state index in [2.05, 4.69) is 10.3 Å². The van der Waals surface area contributed by atoms with Crippen LogP contribution in [0.1, 0.15) is 12.8 Å². The number of amides is 1. The SMILES string of the molecule is O=C(CSc1nc2ccc(N3CCCS3(=O)=O)cc2s1)NC1CCOC1. The van der Waals surface area contributed by atoms with E-state index < -0.39 is 10.0 Å². The van der Waals surface area contributed by atoms with E-state index in [0.717, 1.165) is 21.0 Å². The number of nitrogens with one attached hydrogen (secondary N) is 1. The van der Waals surface area contributed by atoms with Crippen LogP contribution in [0.2, 0.25) is 0 Å². The number of ether oxygens (including phenoxy) is 1. The van der Waals surface area contributed by atoms with Crippen molar-refractivity contribution in [3.63, 3.8) is 0 Å². The van der Waals surface area contributed by atoms with E-state index in [1.54, 1.807) is 6.07 Å². The van der Waals surface area contributed by atoms with Crippen LogP contribution in [-0.4, -0.2) is 56.6 Å². The second-order valence-electron chi connectivity index (χ2n) is 6.29. The maximum Gasteiger partial charge on any atom is 0.235 e. The molecule has 2 saturated heterocycles. The number of thioether (sulfide) groups is 1. The monoisotopic (exact) mass is 413 g/mol. The predicted octanol–water partition coefficient (Wildman–Crippen LogP) is 1.83. The van der Waals surface area contributed by atoms with E-state index >= 15 is 0 Å². The molecule has 2 aliphatic heterocycles. The van der Waals surface area contributed by atoms with Crippen LogP contribution in [0, 0.1) is 0 Å². The van der Waals surface area contributed by atoms with Gasteiger partial charge in [-0.1, -0.05) is 11.8 Å². The Bertz CT molecular complexity index is 922. The Balaban J connectivity index is 1.43. The summed E-state index contributed by atoms with van der Waals surface area (Å²) in [4.78, 5) is 16.5. The van der Waals surface area contributed by atoms with E-state index in [1.807, 2.05) is 12.1 Å². The van der Waals surface area contributed by atoms with Gasteiger partial charge < -0.3 is 10.1 Å². The molecule has 0 radical (unpaired) electrons. The average Bonchev–Trinajstić information content (AvgIpc) is 3.31. The largest absolute Gasteiger partial charge is 0.379 e. The van der Waals surface area contributed by atoms with E-state index in [4.69, 9.17) is 4.74 Å². The normalized spacial score (nSPS) is 22.2. The van der Waals surface area contributed by atoms with Gasteiger partial charge in [0.2, 0.25) is 15.9 Å². The highest BCUT2D eigenvalue weighted by Gasteiger charge is 2.28. The standard InChI is InChI=1S/C16H19N3O4S3/c20-15(17-11-4-6-23-9-11)10-24-16-18-13-3-2-12(8-14(13)25-16)19-5-1-7-26(19,21)22/h2-3,8,11H,1,4-7,9-10H2,(H,17,20). The molecule has 140 valence electrons. The van der Waals surface area contributed by atoms with Gasteiger partial charge in [0.25, 0.3) is 0 Å². The fourth-order valence-corrected chi connectivity index (χ4v) is 6.55. The molecule has 3 heterocycles. The molecule has 10 heteroatoms. The van der Waals surface area contributed by atoms with Crippen LogP contribution in [0.4, 0.5) is 5.69 Å². The van der Waals surface area contributed by atoms with E-state index in [-0.39, 0.29) is 17.7 Å². The molecule has 1 unspecified atom stereocenters. The molecule has 4 rings (SSSR count). The van der Waals surface area contributed by atoms with Crippen LogP contribution < -0.4 is 9.62 Å². The first-order chi connectivity index (χ1) is 12.5. The third kappa shape index (κ3) is 3.83. The summed E-state index contributed by atoms with van der Waals surface area (Å²) in [5, 5.41) is 2.96. The second kappa shape index (κ2) is 7.34. The first kappa shape index (κ1) is 18.0. The van der Waals surface area contributed by atoms with Gasteiger partial charge in [-0.25, -0.2) is 13.4 Å². The zero-order valence-electron chi connectivity index (χ0n) is 14.0. The maximum atomic E-state index is 12.1. The number of nitrogens with zero attached hydrogens (tertiary/aromatic N) is 2. The Labute approximate surface area is 160 Å². The summed E-state index contributed by atoms with van der Waals surface area (Å²) in [6.07, 6.45) is 1.52. The fourth-order valence-electron chi connectivity index (χ4n) is 3.08. The predicted molar refractivity (Wildman–Crippen MR) is 103 cm³/mol. The number of carbonyl (C=O) groups is 1. The van der Waals surface area contributed by atoms with E-state index in [1.165, 1.54) is 27.4 Å². The van der Waals surface area contributed by atoms with Crippen molar-refractivity contribution in [2.24, 2.45) is 0 Å². The Hall–Kier alpha value is -1.36. The minimum Gasteiger partial charge on any atom is -0.379 e. The molecule has 0 saturated carbocycles. The number of fused-ring (bicyclic) bond motifs is 1. The number of sulfonamides is 1. The van der Waals surface area contributed by atoms with Gasteiger partial charge in [0.1, 0.15) is 0 Å². The topological polar surface area (TPSA) is 88.6 Å². The van der Waals surface area contributed by atoms with E-state index in [0.29, 0.717) is 37.6 Å². The van der Waals surface area contributed by atoms with Crippen molar-refractivity contribution in [2.45, 2.75) is 23.2 Å². The Morgan fingerprint density at radius 3 is 3.08 bits per heavy atom. The van der Waals surface area contributed by atoms with Crippen LogP contribution in [0.15, 0.2) is 22.5 Å². The van der Waals surface area contributed by atoms with Gasteiger partial charge in [0.15, 0.2) is 4.34 Å². The van der Waals surface area contributed by atoms with Gasteiger partial charge in [-0.3, -0.25) is 9.10 Å². The van der Waals surface area contributed by atoms with Gasteiger partial charge in [-0.15, -0.1) is 11.3 Å².